The van der Waals surface area contributed by atoms with Crippen molar-refractivity contribution in [1.29, 1.82) is 0 Å². The van der Waals surface area contributed by atoms with E-state index in [1.807, 2.05) is 41.3 Å². The zero-order valence-electron chi connectivity index (χ0n) is 11.2. The van der Waals surface area contributed by atoms with Crippen molar-refractivity contribution >= 4 is 17.4 Å². The van der Waals surface area contributed by atoms with Crippen LogP contribution in [-0.4, -0.2) is 17.4 Å². The number of benzene rings is 1. The summed E-state index contributed by atoms with van der Waals surface area (Å²) in [7, 11) is 0. The molecule has 0 unspecified atom stereocenters. The lowest BCUT2D eigenvalue weighted by molar-refractivity contribution is -0.117. The number of pyridine rings is 1. The van der Waals surface area contributed by atoms with Crippen LogP contribution in [-0.2, 0) is 11.2 Å². The Morgan fingerprint density at radius 3 is 2.70 bits per heavy atom. The summed E-state index contributed by atoms with van der Waals surface area (Å²) in [5.41, 5.74) is 7.69. The van der Waals surface area contributed by atoms with Gasteiger partial charge in [0.25, 0.3) is 0 Å². The Kier molecular flexibility index (Phi) is 3.37. The minimum atomic E-state index is 0.199. The quantitative estimate of drug-likeness (QED) is 0.928. The number of nitrogens with zero attached hydrogens (tertiary/aromatic N) is 2. The fraction of sp³-hybridized carbons (Fsp3) is 0.250. The van der Waals surface area contributed by atoms with Crippen molar-refractivity contribution in [2.75, 3.05) is 17.2 Å². The van der Waals surface area contributed by atoms with Crippen molar-refractivity contribution in [3.8, 4) is 0 Å². The summed E-state index contributed by atoms with van der Waals surface area (Å²) in [6, 6.07) is 13.6. The molecule has 2 N–H and O–H groups in total. The average Bonchev–Trinajstić information content (AvgIpc) is 2.83. The number of para-hydroxylation sites is 1. The molecule has 2 aromatic rings. The van der Waals surface area contributed by atoms with Gasteiger partial charge < -0.3 is 10.6 Å². The van der Waals surface area contributed by atoms with Crippen LogP contribution in [0.15, 0.2) is 48.7 Å². The van der Waals surface area contributed by atoms with Gasteiger partial charge in [-0.25, -0.2) is 4.98 Å². The zero-order chi connectivity index (χ0) is 13.9. The van der Waals surface area contributed by atoms with E-state index in [0.717, 1.165) is 24.2 Å². The van der Waals surface area contributed by atoms with Crippen LogP contribution < -0.4 is 10.6 Å². The maximum Gasteiger partial charge on any atom is 0.227 e. The van der Waals surface area contributed by atoms with E-state index in [9.17, 15) is 4.79 Å². The lowest BCUT2D eigenvalue weighted by Gasteiger charge is -2.16. The molecule has 20 heavy (non-hydrogen) atoms. The van der Waals surface area contributed by atoms with Crippen molar-refractivity contribution < 1.29 is 4.79 Å². The largest absolute Gasteiger partial charge is 0.384 e. The minimum Gasteiger partial charge on any atom is -0.384 e. The summed E-state index contributed by atoms with van der Waals surface area (Å²) >= 11 is 0. The maximum absolute atomic E-state index is 12.1. The molecular weight excluding hydrogens is 250 g/mol. The summed E-state index contributed by atoms with van der Waals surface area (Å²) in [5.74, 6) is 1.07. The summed E-state index contributed by atoms with van der Waals surface area (Å²) in [6.07, 6.45) is 3.26. The second kappa shape index (κ2) is 5.33. The average molecular weight is 267 g/mol. The van der Waals surface area contributed by atoms with Crippen molar-refractivity contribution in [3.05, 3.63) is 54.2 Å². The van der Waals surface area contributed by atoms with Gasteiger partial charge in [-0.15, -0.1) is 0 Å². The van der Waals surface area contributed by atoms with Crippen molar-refractivity contribution in [2.24, 2.45) is 5.92 Å². The minimum absolute atomic E-state index is 0.199. The second-order valence-corrected chi connectivity index (χ2v) is 5.21. The van der Waals surface area contributed by atoms with Gasteiger partial charge in [0.1, 0.15) is 5.82 Å². The van der Waals surface area contributed by atoms with Crippen LogP contribution in [0.25, 0.3) is 0 Å². The van der Waals surface area contributed by atoms with Gasteiger partial charge >= 0.3 is 0 Å². The lowest BCUT2D eigenvalue weighted by atomic mass is 10.00. The standard InChI is InChI=1S/C16H17N3O/c17-15-7-6-12(10-18-15)8-13-9-16(20)19(11-13)14-4-2-1-3-5-14/h1-7,10,13H,8-9,11H2,(H2,17,18)/t13-/m0/s1. The molecule has 4 nitrogen and oxygen atoms in total. The molecule has 1 aliphatic heterocycles. The molecule has 3 rings (SSSR count). The highest BCUT2D eigenvalue weighted by Crippen LogP contribution is 2.27. The third-order valence-electron chi connectivity index (χ3n) is 3.64. The van der Waals surface area contributed by atoms with Crippen molar-refractivity contribution in [1.82, 2.24) is 4.98 Å². The zero-order valence-corrected chi connectivity index (χ0v) is 11.2. The number of aromatic nitrogens is 1. The molecule has 1 aromatic heterocycles. The molecule has 102 valence electrons. The van der Waals surface area contributed by atoms with E-state index in [4.69, 9.17) is 5.73 Å². The fourth-order valence-electron chi connectivity index (χ4n) is 2.67. The van der Waals surface area contributed by atoms with E-state index in [0.29, 0.717) is 18.2 Å². The maximum atomic E-state index is 12.1. The van der Waals surface area contributed by atoms with Gasteiger partial charge in [0.15, 0.2) is 0 Å². The Labute approximate surface area is 118 Å². The van der Waals surface area contributed by atoms with Crippen LogP contribution in [0.2, 0.25) is 0 Å². The number of anilines is 2. The van der Waals surface area contributed by atoms with Gasteiger partial charge in [0, 0.05) is 24.8 Å². The van der Waals surface area contributed by atoms with E-state index in [2.05, 4.69) is 4.98 Å². The number of carbonyl (C=O) groups is 1. The Balaban J connectivity index is 1.69. The van der Waals surface area contributed by atoms with Crippen LogP contribution in [0.1, 0.15) is 12.0 Å². The van der Waals surface area contributed by atoms with E-state index in [1.165, 1.54) is 0 Å². The summed E-state index contributed by atoms with van der Waals surface area (Å²) in [5, 5.41) is 0. The number of carbonyl (C=O) groups excluding carboxylic acids is 1. The first-order chi connectivity index (χ1) is 9.72. The molecule has 4 heteroatoms. The number of hydrogen-bond acceptors (Lipinski definition) is 3. The number of nitrogen functional groups attached to an aromatic ring is 1. The third-order valence-corrected chi connectivity index (χ3v) is 3.64. The molecule has 1 atom stereocenters. The summed E-state index contributed by atoms with van der Waals surface area (Å²) < 4.78 is 0. The Hall–Kier alpha value is -2.36. The SMILES string of the molecule is Nc1ccc(C[C@H]2CC(=O)N(c3ccccc3)C2)cn1. The molecule has 0 saturated carbocycles. The molecule has 1 saturated heterocycles. The van der Waals surface area contributed by atoms with Crippen LogP contribution in [0.4, 0.5) is 11.5 Å². The van der Waals surface area contributed by atoms with Crippen LogP contribution in [0.3, 0.4) is 0 Å². The van der Waals surface area contributed by atoms with Gasteiger partial charge in [-0.05, 0) is 36.1 Å². The normalized spacial score (nSPS) is 18.5. The van der Waals surface area contributed by atoms with E-state index in [-0.39, 0.29) is 5.91 Å². The smallest absolute Gasteiger partial charge is 0.227 e. The summed E-state index contributed by atoms with van der Waals surface area (Å²) in [6.45, 7) is 0.771. The van der Waals surface area contributed by atoms with Crippen LogP contribution in [0.5, 0.6) is 0 Å². The Morgan fingerprint density at radius 2 is 2.00 bits per heavy atom. The monoisotopic (exact) mass is 267 g/mol. The van der Waals surface area contributed by atoms with E-state index in [1.54, 1.807) is 12.3 Å². The molecule has 2 heterocycles. The first-order valence-electron chi connectivity index (χ1n) is 6.78. The van der Waals surface area contributed by atoms with Gasteiger partial charge in [-0.3, -0.25) is 4.79 Å². The van der Waals surface area contributed by atoms with Gasteiger partial charge in [0.05, 0.1) is 0 Å². The fourth-order valence-corrected chi connectivity index (χ4v) is 2.67. The molecule has 1 aliphatic rings. The number of rotatable bonds is 3. The number of hydrogen-bond donors (Lipinski definition) is 1. The van der Waals surface area contributed by atoms with E-state index < -0.39 is 0 Å². The first-order valence-corrected chi connectivity index (χ1v) is 6.78. The highest BCUT2D eigenvalue weighted by molar-refractivity contribution is 5.95. The topological polar surface area (TPSA) is 59.2 Å². The van der Waals surface area contributed by atoms with Gasteiger partial charge in [-0.1, -0.05) is 24.3 Å². The molecular formula is C16H17N3O. The molecule has 0 bridgehead atoms. The van der Waals surface area contributed by atoms with Crippen molar-refractivity contribution in [3.63, 3.8) is 0 Å². The molecule has 1 fully saturated rings. The molecule has 1 amide bonds. The van der Waals surface area contributed by atoms with Crippen LogP contribution in [0, 0.1) is 5.92 Å². The molecule has 0 radical (unpaired) electrons. The molecule has 0 aliphatic carbocycles. The predicted molar refractivity (Wildman–Crippen MR) is 79.3 cm³/mol. The first kappa shape index (κ1) is 12.7. The third kappa shape index (κ3) is 2.64. The molecule has 1 aromatic carbocycles. The molecule has 0 spiro atoms. The van der Waals surface area contributed by atoms with E-state index >= 15 is 0 Å². The highest BCUT2D eigenvalue weighted by Gasteiger charge is 2.30. The van der Waals surface area contributed by atoms with Gasteiger partial charge in [-0.2, -0.15) is 0 Å². The van der Waals surface area contributed by atoms with Gasteiger partial charge in [0.2, 0.25) is 5.91 Å². The van der Waals surface area contributed by atoms with Crippen LogP contribution >= 0.6 is 0 Å². The summed E-state index contributed by atoms with van der Waals surface area (Å²) in [4.78, 5) is 18.1. The number of amides is 1. The predicted octanol–water partition coefficient (Wildman–Crippen LogP) is 2.26. The lowest BCUT2D eigenvalue weighted by Crippen LogP contribution is -2.24. The van der Waals surface area contributed by atoms with Crippen molar-refractivity contribution in [2.45, 2.75) is 12.8 Å². The second-order valence-electron chi connectivity index (χ2n) is 5.21. The Morgan fingerprint density at radius 1 is 1.20 bits per heavy atom. The highest BCUT2D eigenvalue weighted by atomic mass is 16.2. The number of nitrogens with two attached hydrogens (primary N) is 1. The Bertz CT molecular complexity index is 595.